The summed E-state index contributed by atoms with van der Waals surface area (Å²) in [5.74, 6) is 0.658. The number of nitrogens with zero attached hydrogens (tertiary/aromatic N) is 1. The van der Waals surface area contributed by atoms with Gasteiger partial charge in [-0.15, -0.1) is 0 Å². The highest BCUT2D eigenvalue weighted by molar-refractivity contribution is 6.01. The van der Waals surface area contributed by atoms with E-state index in [-0.39, 0.29) is 29.7 Å². The molecule has 1 atom stereocenters. The van der Waals surface area contributed by atoms with Crippen LogP contribution in [0.1, 0.15) is 27.2 Å². The van der Waals surface area contributed by atoms with E-state index >= 15 is 0 Å². The summed E-state index contributed by atoms with van der Waals surface area (Å²) in [7, 11) is 3.12. The van der Waals surface area contributed by atoms with Gasteiger partial charge in [-0.25, -0.2) is 0 Å². The van der Waals surface area contributed by atoms with Crippen molar-refractivity contribution in [3.63, 3.8) is 0 Å². The zero-order chi connectivity index (χ0) is 17.2. The van der Waals surface area contributed by atoms with Crippen molar-refractivity contribution in [1.29, 1.82) is 0 Å². The van der Waals surface area contributed by atoms with Crippen LogP contribution in [0.4, 0.5) is 5.69 Å². The van der Waals surface area contributed by atoms with E-state index in [4.69, 9.17) is 9.47 Å². The van der Waals surface area contributed by atoms with E-state index in [2.05, 4.69) is 5.32 Å². The highest BCUT2D eigenvalue weighted by Crippen LogP contribution is 2.36. The van der Waals surface area contributed by atoms with Crippen LogP contribution < -0.4 is 19.7 Å². The molecule has 23 heavy (non-hydrogen) atoms. The van der Waals surface area contributed by atoms with Crippen molar-refractivity contribution in [3.8, 4) is 11.5 Å². The van der Waals surface area contributed by atoms with Gasteiger partial charge in [0.05, 0.1) is 25.8 Å². The summed E-state index contributed by atoms with van der Waals surface area (Å²) < 4.78 is 10.5. The van der Waals surface area contributed by atoms with Gasteiger partial charge in [0.2, 0.25) is 11.8 Å². The van der Waals surface area contributed by atoms with Crippen molar-refractivity contribution in [3.05, 3.63) is 18.2 Å². The normalized spacial score (nSPS) is 18.0. The van der Waals surface area contributed by atoms with Gasteiger partial charge in [-0.3, -0.25) is 9.59 Å². The van der Waals surface area contributed by atoms with Gasteiger partial charge in [-0.05, 0) is 32.9 Å². The second-order valence-electron chi connectivity index (χ2n) is 6.68. The van der Waals surface area contributed by atoms with Crippen molar-refractivity contribution >= 4 is 17.5 Å². The molecular formula is C17H24N2O4. The first-order valence-corrected chi connectivity index (χ1v) is 7.59. The minimum Gasteiger partial charge on any atom is -0.497 e. The highest BCUT2D eigenvalue weighted by atomic mass is 16.5. The molecule has 1 aliphatic heterocycles. The Kier molecular flexibility index (Phi) is 4.82. The third-order valence-corrected chi connectivity index (χ3v) is 3.67. The molecule has 1 N–H and O–H groups in total. The Bertz CT molecular complexity index is 607. The van der Waals surface area contributed by atoms with E-state index in [0.29, 0.717) is 23.7 Å². The summed E-state index contributed by atoms with van der Waals surface area (Å²) >= 11 is 0. The van der Waals surface area contributed by atoms with E-state index in [9.17, 15) is 9.59 Å². The van der Waals surface area contributed by atoms with E-state index < -0.39 is 0 Å². The lowest BCUT2D eigenvalue weighted by Gasteiger charge is -2.23. The third kappa shape index (κ3) is 3.94. The smallest absolute Gasteiger partial charge is 0.227 e. The lowest BCUT2D eigenvalue weighted by molar-refractivity contribution is -0.127. The molecule has 0 saturated carbocycles. The SMILES string of the molecule is COc1ccc(OC)c(N2C[C@H](C(=O)NC(C)(C)C)CC2=O)c1. The molecule has 6 nitrogen and oxygen atoms in total. The largest absolute Gasteiger partial charge is 0.497 e. The van der Waals surface area contributed by atoms with Crippen LogP contribution in [0.5, 0.6) is 11.5 Å². The van der Waals surface area contributed by atoms with Gasteiger partial charge in [0.1, 0.15) is 11.5 Å². The molecule has 0 aromatic heterocycles. The Morgan fingerprint density at radius 1 is 1.26 bits per heavy atom. The summed E-state index contributed by atoms with van der Waals surface area (Å²) in [6.45, 7) is 6.10. The van der Waals surface area contributed by atoms with E-state index in [1.165, 1.54) is 0 Å². The van der Waals surface area contributed by atoms with E-state index in [0.717, 1.165) is 0 Å². The highest BCUT2D eigenvalue weighted by Gasteiger charge is 2.37. The first-order valence-electron chi connectivity index (χ1n) is 7.59. The van der Waals surface area contributed by atoms with Crippen LogP contribution in [0.25, 0.3) is 0 Å². The Morgan fingerprint density at radius 2 is 1.96 bits per heavy atom. The van der Waals surface area contributed by atoms with Crippen LogP contribution in [0, 0.1) is 5.92 Å². The second kappa shape index (κ2) is 6.48. The van der Waals surface area contributed by atoms with Gasteiger partial charge in [0.15, 0.2) is 0 Å². The predicted molar refractivity (Wildman–Crippen MR) is 87.9 cm³/mol. The lowest BCUT2D eigenvalue weighted by atomic mass is 10.0. The van der Waals surface area contributed by atoms with Crippen LogP contribution in [0.3, 0.4) is 0 Å². The molecule has 2 amide bonds. The zero-order valence-corrected chi connectivity index (χ0v) is 14.3. The van der Waals surface area contributed by atoms with E-state index in [1.54, 1.807) is 37.3 Å². The maximum Gasteiger partial charge on any atom is 0.227 e. The molecule has 1 saturated heterocycles. The molecule has 126 valence electrons. The monoisotopic (exact) mass is 320 g/mol. The molecule has 6 heteroatoms. The summed E-state index contributed by atoms with van der Waals surface area (Å²) in [6, 6.07) is 5.28. The second-order valence-corrected chi connectivity index (χ2v) is 6.68. The average Bonchev–Trinajstić information content (AvgIpc) is 2.87. The van der Waals surface area contributed by atoms with Crippen LogP contribution in [0.15, 0.2) is 18.2 Å². The lowest BCUT2D eigenvalue weighted by Crippen LogP contribution is -2.44. The number of carbonyl (C=O) groups is 2. The van der Waals surface area contributed by atoms with Crippen LogP contribution in [0.2, 0.25) is 0 Å². The van der Waals surface area contributed by atoms with Gasteiger partial charge < -0.3 is 19.7 Å². The third-order valence-electron chi connectivity index (χ3n) is 3.67. The fourth-order valence-electron chi connectivity index (χ4n) is 2.60. The van der Waals surface area contributed by atoms with Crippen molar-refractivity contribution in [2.45, 2.75) is 32.7 Å². The molecule has 1 aromatic carbocycles. The number of hydrogen-bond donors (Lipinski definition) is 1. The molecule has 0 bridgehead atoms. The molecule has 1 heterocycles. The standard InChI is InChI=1S/C17H24N2O4/c1-17(2,3)18-16(21)11-8-15(20)19(10-11)13-9-12(22-4)6-7-14(13)23-5/h6-7,9,11H,8,10H2,1-5H3,(H,18,21)/t11-/m1/s1. The Morgan fingerprint density at radius 3 is 2.52 bits per heavy atom. The molecule has 0 spiro atoms. The van der Waals surface area contributed by atoms with Crippen molar-refractivity contribution in [1.82, 2.24) is 5.32 Å². The molecule has 0 aliphatic carbocycles. The van der Waals surface area contributed by atoms with Crippen molar-refractivity contribution in [2.75, 3.05) is 25.7 Å². The number of anilines is 1. The Balaban J connectivity index is 2.22. The number of carbonyl (C=O) groups excluding carboxylic acids is 2. The van der Waals surface area contributed by atoms with Crippen LogP contribution in [-0.4, -0.2) is 38.1 Å². The molecular weight excluding hydrogens is 296 g/mol. The van der Waals surface area contributed by atoms with Crippen LogP contribution in [-0.2, 0) is 9.59 Å². The summed E-state index contributed by atoms with van der Waals surface area (Å²) in [5, 5.41) is 2.93. The fourth-order valence-corrected chi connectivity index (χ4v) is 2.60. The number of hydrogen-bond acceptors (Lipinski definition) is 4. The summed E-state index contributed by atoms with van der Waals surface area (Å²) in [4.78, 5) is 26.3. The molecule has 0 unspecified atom stereocenters. The number of rotatable bonds is 4. The maximum atomic E-state index is 12.4. The first kappa shape index (κ1) is 17.1. The molecule has 1 fully saturated rings. The topological polar surface area (TPSA) is 67.9 Å². The number of methoxy groups -OCH3 is 2. The Labute approximate surface area is 136 Å². The first-order chi connectivity index (χ1) is 10.7. The maximum absolute atomic E-state index is 12.4. The number of ether oxygens (including phenoxy) is 2. The summed E-state index contributed by atoms with van der Waals surface area (Å²) in [5.41, 5.74) is 0.309. The van der Waals surface area contributed by atoms with Gasteiger partial charge in [-0.2, -0.15) is 0 Å². The summed E-state index contributed by atoms with van der Waals surface area (Å²) in [6.07, 6.45) is 0.197. The van der Waals surface area contributed by atoms with Gasteiger partial charge >= 0.3 is 0 Å². The fraction of sp³-hybridized carbons (Fsp3) is 0.529. The molecule has 1 aromatic rings. The average molecular weight is 320 g/mol. The number of amides is 2. The Hall–Kier alpha value is -2.24. The van der Waals surface area contributed by atoms with Crippen molar-refractivity contribution < 1.29 is 19.1 Å². The van der Waals surface area contributed by atoms with Gasteiger partial charge in [0.25, 0.3) is 0 Å². The van der Waals surface area contributed by atoms with Crippen LogP contribution >= 0.6 is 0 Å². The number of benzene rings is 1. The molecule has 0 radical (unpaired) electrons. The molecule has 2 rings (SSSR count). The zero-order valence-electron chi connectivity index (χ0n) is 14.3. The molecule has 1 aliphatic rings. The van der Waals surface area contributed by atoms with E-state index in [1.807, 2.05) is 20.8 Å². The van der Waals surface area contributed by atoms with Gasteiger partial charge in [-0.1, -0.05) is 0 Å². The minimum absolute atomic E-state index is 0.0920. The van der Waals surface area contributed by atoms with Crippen molar-refractivity contribution in [2.24, 2.45) is 5.92 Å². The predicted octanol–water partition coefficient (Wildman–Crippen LogP) is 1.97. The minimum atomic E-state index is -0.363. The quantitative estimate of drug-likeness (QED) is 0.921. The van der Waals surface area contributed by atoms with Gasteiger partial charge in [0, 0.05) is 24.6 Å². The number of nitrogens with one attached hydrogen (secondary N) is 1.